The predicted octanol–water partition coefficient (Wildman–Crippen LogP) is 2.69. The topological polar surface area (TPSA) is 87.0 Å². The number of rotatable bonds is 4. The molecule has 0 unspecified atom stereocenters. The van der Waals surface area contributed by atoms with Gasteiger partial charge in [-0.3, -0.25) is 14.8 Å². The lowest BCUT2D eigenvalue weighted by Crippen LogP contribution is -2.24. The summed E-state index contributed by atoms with van der Waals surface area (Å²) in [6, 6.07) is 14.0. The number of fused-ring (bicyclic) bond motifs is 1. The van der Waals surface area contributed by atoms with Crippen molar-refractivity contribution in [1.82, 2.24) is 19.7 Å². The molecule has 3 aromatic heterocycles. The van der Waals surface area contributed by atoms with E-state index in [9.17, 15) is 9.59 Å². The maximum Gasteiger partial charge on any atom is 0.337 e. The van der Waals surface area contributed by atoms with Crippen molar-refractivity contribution in [2.75, 3.05) is 7.11 Å². The summed E-state index contributed by atoms with van der Waals surface area (Å²) in [5.74, 6) is -0.441. The number of carbonyl (C=O) groups is 1. The van der Waals surface area contributed by atoms with E-state index >= 15 is 0 Å². The third-order valence-corrected chi connectivity index (χ3v) is 4.36. The van der Waals surface area contributed by atoms with Crippen LogP contribution < -0.4 is 5.56 Å². The Kier molecular flexibility index (Phi) is 4.63. The van der Waals surface area contributed by atoms with Crippen molar-refractivity contribution in [2.45, 2.75) is 6.54 Å². The van der Waals surface area contributed by atoms with Crippen molar-refractivity contribution < 1.29 is 9.53 Å². The number of pyridine rings is 2. The highest BCUT2D eigenvalue weighted by Crippen LogP contribution is 2.24. The van der Waals surface area contributed by atoms with E-state index in [2.05, 4.69) is 15.1 Å². The SMILES string of the molecule is COC(=O)c1cccc(-c2nn(Cc3ccncc3)c(=O)c3cccnc23)c1. The minimum Gasteiger partial charge on any atom is -0.465 e. The fourth-order valence-corrected chi connectivity index (χ4v) is 2.99. The zero-order valence-corrected chi connectivity index (χ0v) is 15.1. The Morgan fingerprint density at radius 2 is 1.89 bits per heavy atom. The highest BCUT2D eigenvalue weighted by Gasteiger charge is 2.15. The fourth-order valence-electron chi connectivity index (χ4n) is 2.99. The molecule has 4 rings (SSSR count). The Hall–Kier alpha value is -3.87. The molecule has 3 heterocycles. The second kappa shape index (κ2) is 7.40. The van der Waals surface area contributed by atoms with Gasteiger partial charge >= 0.3 is 5.97 Å². The molecule has 0 saturated heterocycles. The van der Waals surface area contributed by atoms with Crippen LogP contribution in [0.3, 0.4) is 0 Å². The van der Waals surface area contributed by atoms with Crippen LogP contribution in [0, 0.1) is 0 Å². The van der Waals surface area contributed by atoms with Crippen LogP contribution in [0.25, 0.3) is 22.2 Å². The molecule has 0 bridgehead atoms. The molecule has 4 aromatic rings. The van der Waals surface area contributed by atoms with Gasteiger partial charge in [0.05, 0.1) is 24.6 Å². The first-order valence-corrected chi connectivity index (χ1v) is 8.61. The van der Waals surface area contributed by atoms with E-state index in [0.717, 1.165) is 5.56 Å². The van der Waals surface area contributed by atoms with E-state index in [1.807, 2.05) is 18.2 Å². The van der Waals surface area contributed by atoms with E-state index in [4.69, 9.17) is 4.74 Å². The Morgan fingerprint density at radius 1 is 1.07 bits per heavy atom. The third-order valence-electron chi connectivity index (χ3n) is 4.36. The number of esters is 1. The molecule has 7 nitrogen and oxygen atoms in total. The molecule has 0 aliphatic carbocycles. The average molecular weight is 372 g/mol. The average Bonchev–Trinajstić information content (AvgIpc) is 2.76. The Morgan fingerprint density at radius 3 is 2.68 bits per heavy atom. The van der Waals surface area contributed by atoms with Crippen LogP contribution >= 0.6 is 0 Å². The van der Waals surface area contributed by atoms with Gasteiger partial charge in [-0.1, -0.05) is 12.1 Å². The first-order valence-electron chi connectivity index (χ1n) is 8.61. The highest BCUT2D eigenvalue weighted by molar-refractivity contribution is 5.94. The Bertz CT molecular complexity index is 1220. The minimum atomic E-state index is -0.441. The summed E-state index contributed by atoms with van der Waals surface area (Å²) in [5.41, 5.74) is 2.76. The van der Waals surface area contributed by atoms with Gasteiger partial charge in [0.25, 0.3) is 5.56 Å². The van der Waals surface area contributed by atoms with E-state index in [-0.39, 0.29) is 5.56 Å². The molecule has 0 N–H and O–H groups in total. The molecular formula is C21H16N4O3. The van der Waals surface area contributed by atoms with Crippen molar-refractivity contribution in [2.24, 2.45) is 0 Å². The molecule has 0 atom stereocenters. The van der Waals surface area contributed by atoms with E-state index in [1.165, 1.54) is 11.8 Å². The number of hydrogen-bond donors (Lipinski definition) is 0. The van der Waals surface area contributed by atoms with Crippen molar-refractivity contribution >= 4 is 16.9 Å². The summed E-state index contributed by atoms with van der Waals surface area (Å²) in [5, 5.41) is 5.02. The molecule has 0 spiro atoms. The fraction of sp³-hybridized carbons (Fsp3) is 0.0952. The second-order valence-electron chi connectivity index (χ2n) is 6.14. The second-order valence-corrected chi connectivity index (χ2v) is 6.14. The molecule has 0 fully saturated rings. The Balaban J connectivity index is 1.92. The van der Waals surface area contributed by atoms with Crippen molar-refractivity contribution in [3.05, 3.63) is 88.6 Å². The van der Waals surface area contributed by atoms with Crippen LogP contribution in [-0.4, -0.2) is 32.8 Å². The highest BCUT2D eigenvalue weighted by atomic mass is 16.5. The lowest BCUT2D eigenvalue weighted by Gasteiger charge is -2.11. The van der Waals surface area contributed by atoms with Crippen LogP contribution in [0.2, 0.25) is 0 Å². The largest absolute Gasteiger partial charge is 0.465 e. The van der Waals surface area contributed by atoms with Gasteiger partial charge in [-0.2, -0.15) is 5.10 Å². The van der Waals surface area contributed by atoms with Crippen LogP contribution in [0.1, 0.15) is 15.9 Å². The predicted molar refractivity (Wildman–Crippen MR) is 104 cm³/mol. The van der Waals surface area contributed by atoms with Crippen molar-refractivity contribution in [1.29, 1.82) is 0 Å². The molecule has 138 valence electrons. The maximum absolute atomic E-state index is 12.9. The molecule has 7 heteroatoms. The summed E-state index contributed by atoms with van der Waals surface area (Å²) in [4.78, 5) is 33.2. The van der Waals surface area contributed by atoms with Gasteiger partial charge in [-0.05, 0) is 42.0 Å². The number of methoxy groups -OCH3 is 1. The number of nitrogens with zero attached hydrogens (tertiary/aromatic N) is 4. The smallest absolute Gasteiger partial charge is 0.337 e. The van der Waals surface area contributed by atoms with Gasteiger partial charge in [0.15, 0.2) is 0 Å². The number of benzene rings is 1. The van der Waals surface area contributed by atoms with E-state index < -0.39 is 5.97 Å². The molecule has 1 aromatic carbocycles. The summed E-state index contributed by atoms with van der Waals surface area (Å²) >= 11 is 0. The van der Waals surface area contributed by atoms with Gasteiger partial charge in [0.2, 0.25) is 0 Å². The van der Waals surface area contributed by atoms with Gasteiger partial charge < -0.3 is 4.74 Å². The molecule has 28 heavy (non-hydrogen) atoms. The number of ether oxygens (including phenoxy) is 1. The molecule has 0 saturated carbocycles. The quantitative estimate of drug-likeness (QED) is 0.512. The first-order chi connectivity index (χ1) is 13.7. The minimum absolute atomic E-state index is 0.229. The van der Waals surface area contributed by atoms with Crippen molar-refractivity contribution in [3.8, 4) is 11.3 Å². The van der Waals surface area contributed by atoms with Gasteiger partial charge in [-0.15, -0.1) is 0 Å². The zero-order chi connectivity index (χ0) is 19.5. The van der Waals surface area contributed by atoms with Gasteiger partial charge in [0, 0.05) is 24.2 Å². The molecule has 0 radical (unpaired) electrons. The van der Waals surface area contributed by atoms with Crippen LogP contribution in [-0.2, 0) is 11.3 Å². The first kappa shape index (κ1) is 17.5. The molecule has 0 aliphatic heterocycles. The number of aromatic nitrogens is 4. The molecule has 0 amide bonds. The lowest BCUT2D eigenvalue weighted by atomic mass is 10.1. The van der Waals surface area contributed by atoms with Crippen LogP contribution in [0.4, 0.5) is 0 Å². The molecule has 0 aliphatic rings. The van der Waals surface area contributed by atoms with Gasteiger partial charge in [-0.25, -0.2) is 9.48 Å². The summed E-state index contributed by atoms with van der Waals surface area (Å²) in [7, 11) is 1.33. The van der Waals surface area contributed by atoms with Crippen LogP contribution in [0.5, 0.6) is 0 Å². The van der Waals surface area contributed by atoms with Gasteiger partial charge in [0.1, 0.15) is 11.2 Å². The van der Waals surface area contributed by atoms with E-state index in [0.29, 0.717) is 34.3 Å². The summed E-state index contributed by atoms with van der Waals surface area (Å²) < 4.78 is 6.20. The number of hydrogen-bond acceptors (Lipinski definition) is 6. The standard InChI is InChI=1S/C21H16N4O3/c1-28-21(27)16-5-2-4-15(12-16)18-19-17(6-3-9-23-19)20(26)25(24-18)13-14-7-10-22-11-8-14/h2-12H,13H2,1H3. The monoisotopic (exact) mass is 372 g/mol. The Labute approximate surface area is 160 Å². The maximum atomic E-state index is 12.9. The third kappa shape index (κ3) is 3.25. The summed E-state index contributed by atoms with van der Waals surface area (Å²) in [6.45, 7) is 0.301. The number of carbonyl (C=O) groups excluding carboxylic acids is 1. The molecular weight excluding hydrogens is 356 g/mol. The zero-order valence-electron chi connectivity index (χ0n) is 15.1. The van der Waals surface area contributed by atoms with Crippen molar-refractivity contribution in [3.63, 3.8) is 0 Å². The normalized spacial score (nSPS) is 10.8. The van der Waals surface area contributed by atoms with Crippen LogP contribution in [0.15, 0.2) is 71.9 Å². The summed E-state index contributed by atoms with van der Waals surface area (Å²) in [6.07, 6.45) is 4.96. The lowest BCUT2D eigenvalue weighted by molar-refractivity contribution is 0.0601. The van der Waals surface area contributed by atoms with E-state index in [1.54, 1.807) is 48.9 Å².